The maximum atomic E-state index is 12.6. The van der Waals surface area contributed by atoms with Crippen molar-refractivity contribution in [3.8, 4) is 0 Å². The molecular formula is C23H22N4O5S2. The van der Waals surface area contributed by atoms with Gasteiger partial charge < -0.3 is 10.6 Å². The summed E-state index contributed by atoms with van der Waals surface area (Å²) < 4.78 is 54.3. The largest absolute Gasteiger partial charge is 0.339 e. The molecule has 0 fully saturated rings. The van der Waals surface area contributed by atoms with E-state index in [1.54, 1.807) is 73.7 Å². The van der Waals surface area contributed by atoms with Crippen LogP contribution in [-0.2, 0) is 20.0 Å². The lowest BCUT2D eigenvalue weighted by Crippen LogP contribution is -2.16. The van der Waals surface area contributed by atoms with Gasteiger partial charge in [0.05, 0.1) is 5.75 Å². The van der Waals surface area contributed by atoms with E-state index in [-0.39, 0.29) is 22.4 Å². The van der Waals surface area contributed by atoms with Crippen LogP contribution in [0.4, 0.5) is 17.1 Å². The van der Waals surface area contributed by atoms with Crippen LogP contribution >= 0.6 is 0 Å². The van der Waals surface area contributed by atoms with Crippen LogP contribution in [0.3, 0.4) is 0 Å². The van der Waals surface area contributed by atoms with E-state index >= 15 is 0 Å². The normalized spacial score (nSPS) is 14.1. The average Bonchev–Trinajstić information content (AvgIpc) is 3.05. The third-order valence-electron chi connectivity index (χ3n) is 4.93. The van der Waals surface area contributed by atoms with Gasteiger partial charge in [-0.2, -0.15) is 8.42 Å². The molecule has 0 aliphatic carbocycles. The fraction of sp³-hybridized carbons (Fsp3) is 0.130. The van der Waals surface area contributed by atoms with Gasteiger partial charge in [0.15, 0.2) is 5.84 Å². The summed E-state index contributed by atoms with van der Waals surface area (Å²) in [6, 6.07) is 19.4. The first-order valence-electron chi connectivity index (χ1n) is 10.4. The maximum absolute atomic E-state index is 12.6. The van der Waals surface area contributed by atoms with E-state index in [1.165, 1.54) is 6.07 Å². The number of sulfonamides is 2. The fourth-order valence-corrected chi connectivity index (χ4v) is 5.67. The van der Waals surface area contributed by atoms with Gasteiger partial charge in [0.1, 0.15) is 4.90 Å². The molecule has 0 bridgehead atoms. The predicted molar refractivity (Wildman–Crippen MR) is 132 cm³/mol. The molecule has 0 saturated heterocycles. The van der Waals surface area contributed by atoms with Crippen molar-refractivity contribution in [1.82, 2.24) is 0 Å². The predicted octanol–water partition coefficient (Wildman–Crippen LogP) is 3.65. The van der Waals surface area contributed by atoms with Crippen LogP contribution in [0.2, 0.25) is 0 Å². The number of amidine groups is 1. The number of anilines is 3. The molecule has 11 heteroatoms. The number of hydrogen-bond donors (Lipinski definition) is 3. The highest BCUT2D eigenvalue weighted by Crippen LogP contribution is 2.26. The van der Waals surface area contributed by atoms with E-state index in [0.717, 1.165) is 0 Å². The van der Waals surface area contributed by atoms with Crippen molar-refractivity contribution < 1.29 is 21.6 Å². The van der Waals surface area contributed by atoms with Crippen LogP contribution in [0.1, 0.15) is 29.3 Å². The van der Waals surface area contributed by atoms with Gasteiger partial charge >= 0.3 is 0 Å². The molecule has 0 radical (unpaired) electrons. The molecule has 176 valence electrons. The van der Waals surface area contributed by atoms with Gasteiger partial charge in [-0.25, -0.2) is 8.42 Å². The first-order chi connectivity index (χ1) is 16.2. The first kappa shape index (κ1) is 23.5. The lowest BCUT2D eigenvalue weighted by Gasteiger charge is -2.10. The van der Waals surface area contributed by atoms with E-state index in [4.69, 9.17) is 0 Å². The third kappa shape index (κ3) is 5.26. The average molecular weight is 499 g/mol. The number of fused-ring (bicyclic) bond motifs is 1. The minimum Gasteiger partial charge on any atom is -0.339 e. The maximum Gasteiger partial charge on any atom is 0.285 e. The molecule has 0 spiro atoms. The number of amides is 1. The summed E-state index contributed by atoms with van der Waals surface area (Å²) in [6.45, 7) is 1.78. The first-order valence-corrected chi connectivity index (χ1v) is 13.5. The lowest BCUT2D eigenvalue weighted by atomic mass is 10.1. The fourth-order valence-electron chi connectivity index (χ4n) is 3.36. The topological polar surface area (TPSA) is 134 Å². The monoisotopic (exact) mass is 498 g/mol. The van der Waals surface area contributed by atoms with Crippen molar-refractivity contribution in [3.63, 3.8) is 0 Å². The molecule has 9 nitrogen and oxygen atoms in total. The molecule has 3 N–H and O–H groups in total. The highest BCUT2D eigenvalue weighted by molar-refractivity contribution is 7.92. The molecule has 0 aromatic heterocycles. The number of carbonyl (C=O) groups is 1. The molecule has 3 aromatic carbocycles. The number of carbonyl (C=O) groups excluding carboxylic acids is 1. The zero-order chi connectivity index (χ0) is 24.3. The third-order valence-corrected chi connectivity index (χ3v) is 7.76. The Morgan fingerprint density at radius 2 is 1.50 bits per heavy atom. The summed E-state index contributed by atoms with van der Waals surface area (Å²) in [5.74, 6) is -0.0918. The Morgan fingerprint density at radius 3 is 2.18 bits per heavy atom. The minimum atomic E-state index is -3.72. The second kappa shape index (κ2) is 9.27. The Balaban J connectivity index is 1.40. The Hall–Kier alpha value is -3.70. The Labute approximate surface area is 198 Å². The van der Waals surface area contributed by atoms with E-state index in [2.05, 4.69) is 19.8 Å². The molecule has 0 unspecified atom stereocenters. The highest BCUT2D eigenvalue weighted by Gasteiger charge is 2.28. The van der Waals surface area contributed by atoms with Gasteiger partial charge in [0, 0.05) is 28.2 Å². The van der Waals surface area contributed by atoms with Crippen molar-refractivity contribution in [3.05, 3.63) is 83.9 Å². The molecule has 0 atom stereocenters. The summed E-state index contributed by atoms with van der Waals surface area (Å²) in [7, 11) is -7.11. The van der Waals surface area contributed by atoms with Crippen molar-refractivity contribution >= 4 is 48.9 Å². The number of rotatable bonds is 7. The standard InChI is InChI=1S/C23H22N4O5S2/c1-2-15-33(29,30)26-19-13-11-18(12-14-19)25-23(28)16-7-9-17(10-8-16)24-22-20-5-3-4-6-21(20)34(31,32)27-22/h3-14,26H,2,15H2,1H3,(H,24,27)(H,25,28). The van der Waals surface area contributed by atoms with Crippen molar-refractivity contribution in [1.29, 1.82) is 0 Å². The summed E-state index contributed by atoms with van der Waals surface area (Å²) in [5.41, 5.74) is 2.38. The van der Waals surface area contributed by atoms with Crippen LogP contribution < -0.4 is 15.4 Å². The molecule has 3 aromatic rings. The van der Waals surface area contributed by atoms with Gasteiger partial charge in [-0.3, -0.25) is 9.52 Å². The van der Waals surface area contributed by atoms with Gasteiger partial charge in [0.25, 0.3) is 15.9 Å². The van der Waals surface area contributed by atoms with Gasteiger partial charge in [-0.1, -0.05) is 19.1 Å². The number of benzene rings is 3. The van der Waals surface area contributed by atoms with Crippen molar-refractivity contribution in [2.24, 2.45) is 4.40 Å². The van der Waals surface area contributed by atoms with E-state index in [1.807, 2.05) is 0 Å². The van der Waals surface area contributed by atoms with E-state index in [9.17, 15) is 21.6 Å². The Bertz CT molecular complexity index is 1460. The zero-order valence-corrected chi connectivity index (χ0v) is 19.8. The summed E-state index contributed by atoms with van der Waals surface area (Å²) in [5, 5.41) is 5.74. The van der Waals surface area contributed by atoms with Crippen molar-refractivity contribution in [2.75, 3.05) is 21.1 Å². The summed E-state index contributed by atoms with van der Waals surface area (Å²) in [6.07, 6.45) is 0.512. The molecule has 1 aliphatic rings. The Morgan fingerprint density at radius 1 is 0.882 bits per heavy atom. The molecular weight excluding hydrogens is 476 g/mol. The molecule has 4 rings (SSSR count). The summed E-state index contributed by atoms with van der Waals surface area (Å²) >= 11 is 0. The quantitative estimate of drug-likeness (QED) is 0.455. The number of nitrogens with zero attached hydrogens (tertiary/aromatic N) is 1. The van der Waals surface area contributed by atoms with Crippen LogP contribution in [0.25, 0.3) is 0 Å². The van der Waals surface area contributed by atoms with Gasteiger partial charge in [-0.05, 0) is 67.1 Å². The SMILES string of the molecule is CCCS(=O)(=O)Nc1ccc(NC(=O)c2ccc(NC3=NS(=O)(=O)c4ccccc43)cc2)cc1. The van der Waals surface area contributed by atoms with E-state index in [0.29, 0.717) is 34.6 Å². The molecule has 1 aliphatic heterocycles. The number of nitrogens with one attached hydrogen (secondary N) is 3. The zero-order valence-electron chi connectivity index (χ0n) is 18.1. The lowest BCUT2D eigenvalue weighted by molar-refractivity contribution is 0.102. The second-order valence-electron chi connectivity index (χ2n) is 7.57. The number of hydrogen-bond acceptors (Lipinski definition) is 6. The van der Waals surface area contributed by atoms with Crippen LogP contribution in [0.15, 0.2) is 82.1 Å². The molecule has 34 heavy (non-hydrogen) atoms. The van der Waals surface area contributed by atoms with Gasteiger partial charge in [0.2, 0.25) is 10.0 Å². The minimum absolute atomic E-state index is 0.0337. The highest BCUT2D eigenvalue weighted by atomic mass is 32.2. The Kier molecular flexibility index (Phi) is 6.40. The molecule has 1 heterocycles. The van der Waals surface area contributed by atoms with Gasteiger partial charge in [-0.15, -0.1) is 4.40 Å². The van der Waals surface area contributed by atoms with Crippen molar-refractivity contribution in [2.45, 2.75) is 18.2 Å². The molecule has 1 amide bonds. The smallest absolute Gasteiger partial charge is 0.285 e. The summed E-state index contributed by atoms with van der Waals surface area (Å²) in [4.78, 5) is 12.7. The van der Waals surface area contributed by atoms with Crippen LogP contribution in [0.5, 0.6) is 0 Å². The van der Waals surface area contributed by atoms with Crippen LogP contribution in [-0.4, -0.2) is 34.3 Å². The molecule has 0 saturated carbocycles. The second-order valence-corrected chi connectivity index (χ2v) is 11.0. The van der Waals surface area contributed by atoms with E-state index < -0.39 is 20.0 Å². The van der Waals surface area contributed by atoms with Crippen LogP contribution in [0, 0.1) is 0 Å².